The Labute approximate surface area is 226 Å². The molecular weight excluding hydrogens is 537 g/mol. The molecule has 0 unspecified atom stereocenters. The number of ether oxygens (including phenoxy) is 1. The highest BCUT2D eigenvalue weighted by molar-refractivity contribution is 7.89. The summed E-state index contributed by atoms with van der Waals surface area (Å²) < 4.78 is 33.7. The second-order valence-electron chi connectivity index (χ2n) is 8.44. The van der Waals surface area contributed by atoms with Gasteiger partial charge in [-0.15, -0.1) is 0 Å². The van der Waals surface area contributed by atoms with E-state index in [2.05, 4.69) is 10.5 Å². The number of amides is 1. The molecule has 0 bridgehead atoms. The normalized spacial score (nSPS) is 11.8. The number of hydrogen-bond donors (Lipinski definition) is 2. The van der Waals surface area contributed by atoms with E-state index >= 15 is 0 Å². The Hall–Kier alpha value is -3.11. The van der Waals surface area contributed by atoms with Gasteiger partial charge >= 0.3 is 0 Å². The molecule has 0 saturated carbocycles. The van der Waals surface area contributed by atoms with Gasteiger partial charge in [-0.2, -0.15) is 9.41 Å². The molecule has 3 aromatic carbocycles. The van der Waals surface area contributed by atoms with Crippen LogP contribution in [0.3, 0.4) is 0 Å². The lowest BCUT2D eigenvalue weighted by Gasteiger charge is -2.24. The van der Waals surface area contributed by atoms with E-state index in [1.165, 1.54) is 13.3 Å². The van der Waals surface area contributed by atoms with Crippen LogP contribution in [0.15, 0.2) is 58.5 Å². The van der Waals surface area contributed by atoms with E-state index in [-0.39, 0.29) is 28.0 Å². The Morgan fingerprint density at radius 1 is 1.08 bits per heavy atom. The lowest BCUT2D eigenvalue weighted by molar-refractivity contribution is -0.121. The number of para-hydroxylation sites is 1. The van der Waals surface area contributed by atoms with Crippen LogP contribution in [-0.2, 0) is 21.4 Å². The summed E-state index contributed by atoms with van der Waals surface area (Å²) in [5.41, 5.74) is 5.26. The molecule has 196 valence electrons. The molecule has 11 heteroatoms. The molecule has 2 N–H and O–H groups in total. The molecule has 0 radical (unpaired) electrons. The molecule has 0 fully saturated rings. The summed E-state index contributed by atoms with van der Waals surface area (Å²) in [5, 5.41) is 14.6. The monoisotopic (exact) mass is 563 g/mol. The molecule has 0 aromatic heterocycles. The number of phenols is 1. The van der Waals surface area contributed by atoms with Crippen molar-refractivity contribution in [1.82, 2.24) is 9.73 Å². The van der Waals surface area contributed by atoms with Crippen molar-refractivity contribution in [3.8, 4) is 11.5 Å². The van der Waals surface area contributed by atoms with E-state index in [4.69, 9.17) is 27.9 Å². The average Bonchev–Trinajstić information content (AvgIpc) is 2.81. The minimum atomic E-state index is -4.10. The summed E-state index contributed by atoms with van der Waals surface area (Å²) in [6.45, 7) is 4.68. The zero-order valence-electron chi connectivity index (χ0n) is 20.7. The number of nitrogens with one attached hydrogen (secondary N) is 1. The van der Waals surface area contributed by atoms with Crippen molar-refractivity contribution >= 4 is 45.3 Å². The highest BCUT2D eigenvalue weighted by Gasteiger charge is 2.30. The number of sulfonamides is 1. The lowest BCUT2D eigenvalue weighted by Crippen LogP contribution is -2.39. The Bertz CT molecular complexity index is 1440. The van der Waals surface area contributed by atoms with Crippen molar-refractivity contribution in [2.24, 2.45) is 5.10 Å². The van der Waals surface area contributed by atoms with Gasteiger partial charge in [-0.1, -0.05) is 53.0 Å². The molecule has 0 aliphatic rings. The predicted molar refractivity (Wildman–Crippen MR) is 145 cm³/mol. The number of rotatable bonds is 9. The van der Waals surface area contributed by atoms with Gasteiger partial charge in [0.2, 0.25) is 10.0 Å². The van der Waals surface area contributed by atoms with Crippen molar-refractivity contribution < 1.29 is 23.1 Å². The zero-order valence-corrected chi connectivity index (χ0v) is 23.1. The maximum atomic E-state index is 13.8. The first kappa shape index (κ1) is 28.5. The van der Waals surface area contributed by atoms with Gasteiger partial charge in [0, 0.05) is 12.1 Å². The van der Waals surface area contributed by atoms with Crippen LogP contribution in [0.25, 0.3) is 0 Å². The third-order valence-electron chi connectivity index (χ3n) is 5.51. The summed E-state index contributed by atoms with van der Waals surface area (Å²) in [6, 6.07) is 13.1. The molecule has 3 aromatic rings. The second kappa shape index (κ2) is 12.0. The van der Waals surface area contributed by atoms with E-state index in [0.29, 0.717) is 27.3 Å². The minimum absolute atomic E-state index is 0.125. The second-order valence-corrected chi connectivity index (χ2v) is 11.1. The van der Waals surface area contributed by atoms with Gasteiger partial charge in [0.1, 0.15) is 0 Å². The van der Waals surface area contributed by atoms with Crippen molar-refractivity contribution in [2.75, 3.05) is 13.7 Å². The van der Waals surface area contributed by atoms with Crippen molar-refractivity contribution in [3.05, 3.63) is 86.4 Å². The standard InChI is InChI=1S/C26H27Cl2N3O5S/c1-16-10-17(2)26(18(3)11-16)37(34,35)31(14-19-8-9-21(27)22(28)12-19)15-24(32)30-29-13-20-6-5-7-23(36-4)25(20)33/h5-13,33H,14-15H2,1-4H3,(H,30,32)/b29-13+. The van der Waals surface area contributed by atoms with Crippen molar-refractivity contribution in [1.29, 1.82) is 0 Å². The highest BCUT2D eigenvalue weighted by atomic mass is 35.5. The van der Waals surface area contributed by atoms with Gasteiger partial charge < -0.3 is 9.84 Å². The van der Waals surface area contributed by atoms with E-state index < -0.39 is 22.5 Å². The van der Waals surface area contributed by atoms with Crippen molar-refractivity contribution in [2.45, 2.75) is 32.2 Å². The number of methoxy groups -OCH3 is 1. The van der Waals surface area contributed by atoms with Gasteiger partial charge in [0.05, 0.1) is 34.8 Å². The Morgan fingerprint density at radius 2 is 1.76 bits per heavy atom. The Balaban J connectivity index is 1.90. The maximum Gasteiger partial charge on any atom is 0.255 e. The van der Waals surface area contributed by atoms with Gasteiger partial charge in [-0.3, -0.25) is 4.79 Å². The van der Waals surface area contributed by atoms with Gasteiger partial charge in [0.25, 0.3) is 5.91 Å². The topological polar surface area (TPSA) is 108 Å². The predicted octanol–water partition coefficient (Wildman–Crippen LogP) is 4.97. The number of benzene rings is 3. The molecule has 0 atom stereocenters. The van der Waals surface area contributed by atoms with Gasteiger partial charge in [0.15, 0.2) is 11.5 Å². The fourth-order valence-corrected chi connectivity index (χ4v) is 6.06. The molecule has 8 nitrogen and oxygen atoms in total. The van der Waals surface area contributed by atoms with Crippen LogP contribution in [-0.4, -0.2) is 43.6 Å². The number of halogens is 2. The van der Waals surface area contributed by atoms with E-state index in [1.54, 1.807) is 62.4 Å². The number of carbonyl (C=O) groups is 1. The fraction of sp³-hybridized carbons (Fsp3) is 0.231. The summed E-state index contributed by atoms with van der Waals surface area (Å²) in [7, 11) is -2.69. The van der Waals surface area contributed by atoms with E-state index in [1.807, 2.05) is 6.92 Å². The fourth-order valence-electron chi connectivity index (χ4n) is 3.95. The van der Waals surface area contributed by atoms with E-state index in [9.17, 15) is 18.3 Å². The number of nitrogens with zero attached hydrogens (tertiary/aromatic N) is 2. The number of phenolic OH excluding ortho intramolecular Hbond substituents is 1. The summed E-state index contributed by atoms with van der Waals surface area (Å²) in [5.74, 6) is -0.570. The quantitative estimate of drug-likeness (QED) is 0.282. The van der Waals surface area contributed by atoms with Crippen LogP contribution in [0.5, 0.6) is 11.5 Å². The summed E-state index contributed by atoms with van der Waals surface area (Å²) in [4.78, 5) is 12.9. The third kappa shape index (κ3) is 6.81. The van der Waals surface area contributed by atoms with Crippen molar-refractivity contribution in [3.63, 3.8) is 0 Å². The number of aryl methyl sites for hydroxylation is 3. The SMILES string of the molecule is COc1cccc(/C=N/NC(=O)CN(Cc2ccc(Cl)c(Cl)c2)S(=O)(=O)c2c(C)cc(C)cc2C)c1O. The number of hydrazone groups is 1. The summed E-state index contributed by atoms with van der Waals surface area (Å²) in [6.07, 6.45) is 1.24. The van der Waals surface area contributed by atoms with Crippen LogP contribution < -0.4 is 10.2 Å². The van der Waals surface area contributed by atoms with Crippen LogP contribution in [0, 0.1) is 20.8 Å². The first-order valence-electron chi connectivity index (χ1n) is 11.1. The number of hydrogen-bond acceptors (Lipinski definition) is 6. The molecular formula is C26H27Cl2N3O5S. The van der Waals surface area contributed by atoms with Gasteiger partial charge in [-0.05, 0) is 61.7 Å². The minimum Gasteiger partial charge on any atom is -0.504 e. The first-order chi connectivity index (χ1) is 17.4. The molecule has 0 saturated heterocycles. The van der Waals surface area contributed by atoms with Crippen LogP contribution in [0.2, 0.25) is 10.0 Å². The zero-order chi connectivity index (χ0) is 27.3. The molecule has 0 spiro atoms. The summed E-state index contributed by atoms with van der Waals surface area (Å²) >= 11 is 12.1. The lowest BCUT2D eigenvalue weighted by atomic mass is 10.1. The van der Waals surface area contributed by atoms with Crippen LogP contribution in [0.4, 0.5) is 0 Å². The molecule has 0 aliphatic carbocycles. The number of aromatic hydroxyl groups is 1. The van der Waals surface area contributed by atoms with Crippen LogP contribution in [0.1, 0.15) is 27.8 Å². The van der Waals surface area contributed by atoms with Crippen LogP contribution >= 0.6 is 23.2 Å². The first-order valence-corrected chi connectivity index (χ1v) is 13.3. The molecule has 3 rings (SSSR count). The Morgan fingerprint density at radius 3 is 2.38 bits per heavy atom. The van der Waals surface area contributed by atoms with Gasteiger partial charge in [-0.25, -0.2) is 13.8 Å². The molecule has 0 heterocycles. The number of carbonyl (C=O) groups excluding carboxylic acids is 1. The average molecular weight is 564 g/mol. The third-order valence-corrected chi connectivity index (χ3v) is 8.35. The maximum absolute atomic E-state index is 13.8. The largest absolute Gasteiger partial charge is 0.504 e. The highest BCUT2D eigenvalue weighted by Crippen LogP contribution is 2.29. The van der Waals surface area contributed by atoms with E-state index in [0.717, 1.165) is 9.87 Å². The molecule has 37 heavy (non-hydrogen) atoms. The Kier molecular flexibility index (Phi) is 9.20. The smallest absolute Gasteiger partial charge is 0.255 e. The molecule has 1 amide bonds. The molecule has 0 aliphatic heterocycles.